The summed E-state index contributed by atoms with van der Waals surface area (Å²) in [6, 6.07) is 7.71. The summed E-state index contributed by atoms with van der Waals surface area (Å²) < 4.78 is 5.29. The Hall–Kier alpha value is -1.67. The minimum absolute atomic E-state index is 0.0510. The van der Waals surface area contributed by atoms with Crippen LogP contribution < -0.4 is 5.32 Å². The highest BCUT2D eigenvalue weighted by molar-refractivity contribution is 6.30. The minimum atomic E-state index is 0.0510. The third-order valence-electron chi connectivity index (χ3n) is 5.36. The molecule has 2 aliphatic heterocycles. The number of halogens is 1. The van der Waals surface area contributed by atoms with Crippen molar-refractivity contribution < 1.29 is 14.3 Å². The summed E-state index contributed by atoms with van der Waals surface area (Å²) in [4.78, 5) is 30.7. The van der Waals surface area contributed by atoms with Crippen LogP contribution in [0, 0.1) is 0 Å². The van der Waals surface area contributed by atoms with Crippen molar-refractivity contribution in [1.29, 1.82) is 0 Å². The molecule has 154 valence electrons. The molecule has 0 unspecified atom stereocenters. The molecule has 0 saturated carbocycles. The van der Waals surface area contributed by atoms with Crippen LogP contribution in [0.4, 0.5) is 0 Å². The molecule has 3 rings (SSSR count). The summed E-state index contributed by atoms with van der Waals surface area (Å²) in [5.74, 6) is 0.244. The summed E-state index contributed by atoms with van der Waals surface area (Å²) in [6.07, 6.45) is 0. The number of piperazine rings is 1. The van der Waals surface area contributed by atoms with E-state index in [1.165, 1.54) is 0 Å². The average molecular weight is 409 g/mol. The molecule has 2 aliphatic rings. The lowest BCUT2D eigenvalue weighted by molar-refractivity contribution is -0.137. The maximum absolute atomic E-state index is 12.5. The Morgan fingerprint density at radius 3 is 2.43 bits per heavy atom. The Morgan fingerprint density at radius 2 is 1.75 bits per heavy atom. The van der Waals surface area contributed by atoms with Gasteiger partial charge in [0.05, 0.1) is 26.3 Å². The molecule has 0 bridgehead atoms. The monoisotopic (exact) mass is 408 g/mol. The highest BCUT2D eigenvalue weighted by Crippen LogP contribution is 2.17. The van der Waals surface area contributed by atoms with Crippen molar-refractivity contribution in [3.63, 3.8) is 0 Å². The SMILES string of the molecule is C[C@H](NCC(=O)N1CCN(CC(=O)N2CCOCC2)CC1)c1cccc(Cl)c1. The molecule has 28 heavy (non-hydrogen) atoms. The number of amides is 2. The number of nitrogens with one attached hydrogen (secondary N) is 1. The average Bonchev–Trinajstić information content (AvgIpc) is 2.73. The first kappa shape index (κ1) is 21.0. The molecule has 1 atom stereocenters. The Labute approximate surface area is 171 Å². The lowest BCUT2D eigenvalue weighted by Crippen LogP contribution is -2.53. The Kier molecular flexibility index (Phi) is 7.67. The molecule has 2 fully saturated rings. The fourth-order valence-corrected chi connectivity index (χ4v) is 3.70. The minimum Gasteiger partial charge on any atom is -0.378 e. The lowest BCUT2D eigenvalue weighted by Gasteiger charge is -2.36. The standard InChI is InChI=1S/C20H29ClN4O3/c1-16(17-3-2-4-18(21)13-17)22-14-19(26)24-7-5-23(6-8-24)15-20(27)25-9-11-28-12-10-25/h2-4,13,16,22H,5-12,14-15H2,1H3/t16-/m0/s1. The number of benzene rings is 1. The number of nitrogens with zero attached hydrogens (tertiary/aromatic N) is 3. The van der Waals surface area contributed by atoms with Crippen LogP contribution in [0.15, 0.2) is 24.3 Å². The predicted molar refractivity (Wildman–Crippen MR) is 108 cm³/mol. The highest BCUT2D eigenvalue weighted by atomic mass is 35.5. The van der Waals surface area contributed by atoms with Gasteiger partial charge in [0.2, 0.25) is 11.8 Å². The van der Waals surface area contributed by atoms with Gasteiger partial charge in [0, 0.05) is 50.3 Å². The number of hydrogen-bond acceptors (Lipinski definition) is 5. The molecule has 1 N–H and O–H groups in total. The highest BCUT2D eigenvalue weighted by Gasteiger charge is 2.25. The van der Waals surface area contributed by atoms with Crippen LogP contribution in [-0.4, -0.2) is 92.1 Å². The van der Waals surface area contributed by atoms with Gasteiger partial charge in [-0.2, -0.15) is 0 Å². The van der Waals surface area contributed by atoms with Gasteiger partial charge in [0.1, 0.15) is 0 Å². The van der Waals surface area contributed by atoms with Crippen molar-refractivity contribution in [1.82, 2.24) is 20.0 Å². The first-order valence-electron chi connectivity index (χ1n) is 9.87. The molecule has 0 radical (unpaired) electrons. The number of ether oxygens (including phenoxy) is 1. The first-order chi connectivity index (χ1) is 13.5. The van der Waals surface area contributed by atoms with E-state index in [9.17, 15) is 9.59 Å². The topological polar surface area (TPSA) is 65.1 Å². The van der Waals surface area contributed by atoms with E-state index in [4.69, 9.17) is 16.3 Å². The summed E-state index contributed by atoms with van der Waals surface area (Å²) in [5, 5.41) is 3.97. The van der Waals surface area contributed by atoms with Crippen LogP contribution in [0.25, 0.3) is 0 Å². The summed E-state index contributed by atoms with van der Waals surface area (Å²) >= 11 is 6.03. The predicted octanol–water partition coefficient (Wildman–Crippen LogP) is 0.994. The van der Waals surface area contributed by atoms with Crippen LogP contribution in [0.1, 0.15) is 18.5 Å². The molecule has 2 heterocycles. The van der Waals surface area contributed by atoms with Gasteiger partial charge in [-0.15, -0.1) is 0 Å². The van der Waals surface area contributed by atoms with Crippen LogP contribution in [0.3, 0.4) is 0 Å². The fourth-order valence-electron chi connectivity index (χ4n) is 3.51. The van der Waals surface area contributed by atoms with Crippen molar-refractivity contribution in [3.05, 3.63) is 34.9 Å². The van der Waals surface area contributed by atoms with Crippen LogP contribution >= 0.6 is 11.6 Å². The normalized spacial score (nSPS) is 19.5. The van der Waals surface area contributed by atoms with E-state index >= 15 is 0 Å². The molecular weight excluding hydrogens is 380 g/mol. The molecule has 1 aromatic carbocycles. The number of carbonyl (C=O) groups excluding carboxylic acids is 2. The number of carbonyl (C=O) groups is 2. The van der Waals surface area contributed by atoms with E-state index in [0.29, 0.717) is 57.5 Å². The van der Waals surface area contributed by atoms with E-state index < -0.39 is 0 Å². The molecule has 0 aliphatic carbocycles. The van der Waals surface area contributed by atoms with Crippen molar-refractivity contribution in [2.24, 2.45) is 0 Å². The summed E-state index contributed by atoms with van der Waals surface area (Å²) in [7, 11) is 0. The maximum Gasteiger partial charge on any atom is 0.236 e. The van der Waals surface area contributed by atoms with Gasteiger partial charge in [-0.05, 0) is 24.6 Å². The van der Waals surface area contributed by atoms with Crippen molar-refractivity contribution >= 4 is 23.4 Å². The Bertz CT molecular complexity index is 673. The van der Waals surface area contributed by atoms with Gasteiger partial charge in [-0.1, -0.05) is 23.7 Å². The fraction of sp³-hybridized carbons (Fsp3) is 0.600. The zero-order chi connectivity index (χ0) is 19.9. The summed E-state index contributed by atoms with van der Waals surface area (Å²) in [5.41, 5.74) is 1.06. The molecule has 7 nitrogen and oxygen atoms in total. The Morgan fingerprint density at radius 1 is 1.07 bits per heavy atom. The van der Waals surface area contributed by atoms with E-state index in [1.54, 1.807) is 0 Å². The van der Waals surface area contributed by atoms with E-state index in [0.717, 1.165) is 18.7 Å². The smallest absolute Gasteiger partial charge is 0.236 e. The van der Waals surface area contributed by atoms with Crippen molar-refractivity contribution in [3.8, 4) is 0 Å². The number of morpholine rings is 1. The van der Waals surface area contributed by atoms with Gasteiger partial charge in [0.25, 0.3) is 0 Å². The number of rotatable bonds is 6. The lowest BCUT2D eigenvalue weighted by atomic mass is 10.1. The second kappa shape index (κ2) is 10.2. The molecule has 2 amide bonds. The molecular formula is C20H29ClN4O3. The molecule has 0 aromatic heterocycles. The zero-order valence-corrected chi connectivity index (χ0v) is 17.2. The van der Waals surface area contributed by atoms with Gasteiger partial charge >= 0.3 is 0 Å². The van der Waals surface area contributed by atoms with Crippen LogP contribution in [-0.2, 0) is 14.3 Å². The van der Waals surface area contributed by atoms with Gasteiger partial charge < -0.3 is 19.9 Å². The van der Waals surface area contributed by atoms with Gasteiger partial charge in [-0.25, -0.2) is 0 Å². The second-order valence-electron chi connectivity index (χ2n) is 7.31. The largest absolute Gasteiger partial charge is 0.378 e. The van der Waals surface area contributed by atoms with Crippen LogP contribution in [0.2, 0.25) is 5.02 Å². The van der Waals surface area contributed by atoms with E-state index in [2.05, 4.69) is 10.2 Å². The third kappa shape index (κ3) is 5.91. The molecule has 8 heteroatoms. The van der Waals surface area contributed by atoms with Crippen molar-refractivity contribution in [2.45, 2.75) is 13.0 Å². The van der Waals surface area contributed by atoms with Crippen molar-refractivity contribution in [2.75, 3.05) is 65.6 Å². The van der Waals surface area contributed by atoms with E-state index in [-0.39, 0.29) is 17.9 Å². The maximum atomic E-state index is 12.5. The van der Waals surface area contributed by atoms with E-state index in [1.807, 2.05) is 41.0 Å². The molecule has 2 saturated heterocycles. The first-order valence-corrected chi connectivity index (χ1v) is 10.3. The Balaban J connectivity index is 1.38. The quantitative estimate of drug-likeness (QED) is 0.760. The second-order valence-corrected chi connectivity index (χ2v) is 7.74. The van der Waals surface area contributed by atoms with Gasteiger partial charge in [0.15, 0.2) is 0 Å². The van der Waals surface area contributed by atoms with Crippen LogP contribution in [0.5, 0.6) is 0 Å². The molecule has 1 aromatic rings. The van der Waals surface area contributed by atoms with Gasteiger partial charge in [-0.3, -0.25) is 14.5 Å². The number of hydrogen-bond donors (Lipinski definition) is 1. The molecule has 0 spiro atoms. The summed E-state index contributed by atoms with van der Waals surface area (Å²) in [6.45, 7) is 8.09. The third-order valence-corrected chi connectivity index (χ3v) is 5.59. The zero-order valence-electron chi connectivity index (χ0n) is 16.4.